The Kier molecular flexibility index (Phi) is 5.82. The number of rotatable bonds is 6. The number of carbonyl (C=O) groups is 1. The Morgan fingerprint density at radius 1 is 0.964 bits per heavy atom. The number of aromatic nitrogens is 3. The van der Waals surface area contributed by atoms with Crippen molar-refractivity contribution in [3.8, 4) is 16.4 Å². The van der Waals surface area contributed by atoms with Crippen molar-refractivity contribution in [2.24, 2.45) is 0 Å². The van der Waals surface area contributed by atoms with Crippen LogP contribution in [0.5, 0.6) is 0 Å². The van der Waals surface area contributed by atoms with Crippen molar-refractivity contribution < 1.29 is 4.79 Å². The lowest BCUT2D eigenvalue weighted by Crippen LogP contribution is -2.04. The van der Waals surface area contributed by atoms with E-state index in [4.69, 9.17) is 23.2 Å². The summed E-state index contributed by atoms with van der Waals surface area (Å²) in [5.74, 6) is 0.987. The quantitative estimate of drug-likeness (QED) is 0.258. The molecule has 0 atom stereocenters. The van der Waals surface area contributed by atoms with Gasteiger partial charge in [0.15, 0.2) is 16.8 Å². The summed E-state index contributed by atoms with van der Waals surface area (Å²) in [5, 5.41) is 12.6. The molecule has 140 valence electrons. The molecule has 4 aromatic rings. The third-order valence-corrected chi connectivity index (χ3v) is 6.26. The van der Waals surface area contributed by atoms with Gasteiger partial charge < -0.3 is 0 Å². The van der Waals surface area contributed by atoms with Gasteiger partial charge in [-0.05, 0) is 60.0 Å². The molecule has 0 amide bonds. The molecule has 28 heavy (non-hydrogen) atoms. The van der Waals surface area contributed by atoms with Gasteiger partial charge in [0.25, 0.3) is 0 Å². The first kappa shape index (κ1) is 19.2. The molecule has 2 aromatic heterocycles. The zero-order valence-corrected chi connectivity index (χ0v) is 17.5. The van der Waals surface area contributed by atoms with Gasteiger partial charge >= 0.3 is 0 Å². The van der Waals surface area contributed by atoms with E-state index in [2.05, 4.69) is 10.2 Å². The molecule has 0 saturated heterocycles. The maximum absolute atomic E-state index is 12.5. The molecule has 0 radical (unpaired) electrons. The van der Waals surface area contributed by atoms with Crippen LogP contribution in [0.4, 0.5) is 0 Å². The maximum Gasteiger partial charge on any atom is 0.196 e. The van der Waals surface area contributed by atoms with Crippen LogP contribution in [0.25, 0.3) is 16.4 Å². The SMILES string of the molecule is O=C(CSc1nnc(-c2cccs2)n1-c1ccc(Cl)cc1)c1ccc(Cl)cc1. The second-order valence-corrected chi connectivity index (χ2v) is 8.58. The molecule has 4 nitrogen and oxygen atoms in total. The molecule has 0 aliphatic rings. The zero-order valence-electron chi connectivity index (χ0n) is 14.4. The second kappa shape index (κ2) is 8.49. The van der Waals surface area contributed by atoms with Crippen LogP contribution in [-0.4, -0.2) is 26.3 Å². The summed E-state index contributed by atoms with van der Waals surface area (Å²) in [6, 6.07) is 18.3. The van der Waals surface area contributed by atoms with Gasteiger partial charge in [-0.1, -0.05) is 41.0 Å². The Balaban J connectivity index is 1.64. The summed E-state index contributed by atoms with van der Waals surface area (Å²) in [6.07, 6.45) is 0. The number of hydrogen-bond donors (Lipinski definition) is 0. The largest absolute Gasteiger partial charge is 0.293 e. The van der Waals surface area contributed by atoms with Crippen LogP contribution >= 0.6 is 46.3 Å². The lowest BCUT2D eigenvalue weighted by Gasteiger charge is -2.09. The first-order valence-electron chi connectivity index (χ1n) is 8.28. The van der Waals surface area contributed by atoms with Crippen LogP contribution in [0.2, 0.25) is 10.0 Å². The van der Waals surface area contributed by atoms with Crippen LogP contribution in [0.15, 0.2) is 71.2 Å². The molecule has 0 fully saturated rings. The lowest BCUT2D eigenvalue weighted by atomic mass is 10.1. The third kappa shape index (κ3) is 4.15. The Morgan fingerprint density at radius 3 is 2.29 bits per heavy atom. The van der Waals surface area contributed by atoms with Crippen molar-refractivity contribution in [3.63, 3.8) is 0 Å². The number of Topliss-reactive ketones (excluding diaryl/α,β-unsaturated/α-hetero) is 1. The van der Waals surface area contributed by atoms with Gasteiger partial charge in [-0.2, -0.15) is 0 Å². The molecule has 2 heterocycles. The molecule has 0 spiro atoms. The molecule has 0 saturated carbocycles. The topological polar surface area (TPSA) is 47.8 Å². The Labute approximate surface area is 180 Å². The average Bonchev–Trinajstić information content (AvgIpc) is 3.37. The van der Waals surface area contributed by atoms with Gasteiger partial charge in [0.05, 0.1) is 10.6 Å². The summed E-state index contributed by atoms with van der Waals surface area (Å²) >= 11 is 14.9. The molecule has 0 unspecified atom stereocenters. The van der Waals surface area contributed by atoms with E-state index in [0.717, 1.165) is 16.4 Å². The predicted molar refractivity (Wildman–Crippen MR) is 116 cm³/mol. The normalized spacial score (nSPS) is 10.9. The fourth-order valence-corrected chi connectivity index (χ4v) is 4.40. The molecule has 8 heteroatoms. The number of hydrogen-bond acceptors (Lipinski definition) is 5. The number of carbonyl (C=O) groups excluding carboxylic acids is 1. The first-order valence-corrected chi connectivity index (χ1v) is 10.9. The standard InChI is InChI=1S/C20H13Cl2N3OS2/c21-14-5-3-13(4-6-14)17(26)12-28-20-24-23-19(18-2-1-11-27-18)25(20)16-9-7-15(22)8-10-16/h1-11H,12H2. The summed E-state index contributed by atoms with van der Waals surface area (Å²) in [7, 11) is 0. The Morgan fingerprint density at radius 2 is 1.64 bits per heavy atom. The summed E-state index contributed by atoms with van der Waals surface area (Å²) < 4.78 is 1.95. The minimum absolute atomic E-state index is 0.00463. The first-order chi connectivity index (χ1) is 13.6. The molecular formula is C20H13Cl2N3OS2. The Hall–Kier alpha value is -2.12. The third-order valence-electron chi connectivity index (χ3n) is 3.96. The average molecular weight is 446 g/mol. The minimum Gasteiger partial charge on any atom is -0.293 e. The van der Waals surface area contributed by atoms with E-state index in [1.807, 2.05) is 46.3 Å². The highest BCUT2D eigenvalue weighted by atomic mass is 35.5. The van der Waals surface area contributed by atoms with Crippen LogP contribution < -0.4 is 0 Å². The van der Waals surface area contributed by atoms with Crippen molar-refractivity contribution >= 4 is 52.1 Å². The highest BCUT2D eigenvalue weighted by molar-refractivity contribution is 7.99. The van der Waals surface area contributed by atoms with Gasteiger partial charge in [-0.25, -0.2) is 0 Å². The minimum atomic E-state index is 0.00463. The van der Waals surface area contributed by atoms with Crippen LogP contribution in [-0.2, 0) is 0 Å². The van der Waals surface area contributed by atoms with Crippen LogP contribution in [0.3, 0.4) is 0 Å². The van der Waals surface area contributed by atoms with E-state index in [9.17, 15) is 4.79 Å². The van der Waals surface area contributed by atoms with E-state index < -0.39 is 0 Å². The highest BCUT2D eigenvalue weighted by Crippen LogP contribution is 2.31. The van der Waals surface area contributed by atoms with E-state index in [1.165, 1.54) is 11.8 Å². The lowest BCUT2D eigenvalue weighted by molar-refractivity contribution is 0.102. The van der Waals surface area contributed by atoms with Gasteiger partial charge in [-0.15, -0.1) is 21.5 Å². The van der Waals surface area contributed by atoms with Crippen molar-refractivity contribution in [2.45, 2.75) is 5.16 Å². The maximum atomic E-state index is 12.5. The fourth-order valence-electron chi connectivity index (χ4n) is 2.60. The number of benzene rings is 2. The smallest absolute Gasteiger partial charge is 0.196 e. The zero-order chi connectivity index (χ0) is 19.5. The van der Waals surface area contributed by atoms with Crippen LogP contribution in [0.1, 0.15) is 10.4 Å². The molecule has 0 aliphatic carbocycles. The van der Waals surface area contributed by atoms with Gasteiger partial charge in [0.2, 0.25) is 0 Å². The van der Waals surface area contributed by atoms with Crippen molar-refractivity contribution in [1.82, 2.24) is 14.8 Å². The molecule has 2 aromatic carbocycles. The molecule has 4 rings (SSSR count). The number of thiophene rings is 1. The number of thioether (sulfide) groups is 1. The Bertz CT molecular complexity index is 1090. The number of nitrogens with zero attached hydrogens (tertiary/aromatic N) is 3. The van der Waals surface area contributed by atoms with Gasteiger partial charge in [0.1, 0.15) is 0 Å². The monoisotopic (exact) mass is 445 g/mol. The van der Waals surface area contributed by atoms with Gasteiger partial charge in [0, 0.05) is 21.3 Å². The molecule has 0 aliphatic heterocycles. The molecule has 0 N–H and O–H groups in total. The van der Waals surface area contributed by atoms with E-state index in [0.29, 0.717) is 20.8 Å². The number of halogens is 2. The van der Waals surface area contributed by atoms with Crippen molar-refractivity contribution in [3.05, 3.63) is 81.7 Å². The van der Waals surface area contributed by atoms with E-state index >= 15 is 0 Å². The van der Waals surface area contributed by atoms with Crippen LogP contribution in [0, 0.1) is 0 Å². The van der Waals surface area contributed by atoms with Gasteiger partial charge in [-0.3, -0.25) is 9.36 Å². The van der Waals surface area contributed by atoms with Crippen molar-refractivity contribution in [2.75, 3.05) is 5.75 Å². The summed E-state index contributed by atoms with van der Waals surface area (Å²) in [6.45, 7) is 0. The molecular weight excluding hydrogens is 433 g/mol. The summed E-state index contributed by atoms with van der Waals surface area (Å²) in [5.41, 5.74) is 1.51. The van der Waals surface area contributed by atoms with Crippen molar-refractivity contribution in [1.29, 1.82) is 0 Å². The predicted octanol–water partition coefficient (Wildman–Crippen LogP) is 6.28. The highest BCUT2D eigenvalue weighted by Gasteiger charge is 2.18. The van der Waals surface area contributed by atoms with E-state index in [1.54, 1.807) is 35.6 Å². The molecule has 0 bridgehead atoms. The van der Waals surface area contributed by atoms with E-state index in [-0.39, 0.29) is 11.5 Å². The fraction of sp³-hybridized carbons (Fsp3) is 0.0500. The number of ketones is 1. The second-order valence-electron chi connectivity index (χ2n) is 5.81. The summed E-state index contributed by atoms with van der Waals surface area (Å²) in [4.78, 5) is 13.5.